The van der Waals surface area contributed by atoms with Crippen LogP contribution in [-0.2, 0) is 0 Å². The predicted molar refractivity (Wildman–Crippen MR) is 7.98 cm³/mol. The zero-order chi connectivity index (χ0) is 0. The molecule has 0 aliphatic heterocycles. The van der Waals surface area contributed by atoms with E-state index in [4.69, 9.17) is 0 Å². The zero-order valence-electron chi connectivity index (χ0n) is 4.22. The van der Waals surface area contributed by atoms with E-state index in [-0.39, 0.29) is 90.2 Å². The molecule has 0 aromatic heterocycles. The van der Waals surface area contributed by atoms with Crippen LogP contribution in [0.3, 0.4) is 0 Å². The second-order valence-corrected chi connectivity index (χ2v) is 0. The van der Waals surface area contributed by atoms with Gasteiger partial charge in [0.05, 0.1) is 0 Å². The van der Waals surface area contributed by atoms with E-state index in [1.807, 2.05) is 0 Å². The van der Waals surface area contributed by atoms with Gasteiger partial charge in [-0.1, -0.05) is 0 Å². The maximum absolute atomic E-state index is 0. The Labute approximate surface area is 89.1 Å². The second-order valence-electron chi connectivity index (χ2n) is 0. The summed E-state index contributed by atoms with van der Waals surface area (Å²) < 4.78 is 0. The first kappa shape index (κ1) is 52.2. The Morgan fingerprint density at radius 1 is 0.600 bits per heavy atom. The van der Waals surface area contributed by atoms with E-state index in [1.165, 1.54) is 0 Å². The SMILES string of the molecule is [Ca+2].[Cl-].[Cl-].[Cl-].[Cl-].[H+].[H+]. The Kier molecular flexibility index (Phi) is 336. The molecule has 0 saturated carbocycles. The fourth-order valence-corrected chi connectivity index (χ4v) is 0. The molecule has 0 fully saturated rings. The van der Waals surface area contributed by atoms with Gasteiger partial charge in [-0.05, 0) is 0 Å². The summed E-state index contributed by atoms with van der Waals surface area (Å²) in [5.41, 5.74) is 0. The van der Waals surface area contributed by atoms with Gasteiger partial charge in [-0.15, -0.1) is 0 Å². The van der Waals surface area contributed by atoms with Crippen molar-refractivity contribution in [3.05, 3.63) is 0 Å². The average molecular weight is 184 g/mol. The van der Waals surface area contributed by atoms with Crippen molar-refractivity contribution in [1.82, 2.24) is 0 Å². The Morgan fingerprint density at radius 3 is 0.600 bits per heavy atom. The predicted octanol–water partition coefficient (Wildman–Crippen LogP) is -12.1. The summed E-state index contributed by atoms with van der Waals surface area (Å²) in [6.45, 7) is 0. The Bertz CT molecular complexity index is 9.65. The maximum Gasteiger partial charge on any atom is 2.00 e. The van der Waals surface area contributed by atoms with Crippen LogP contribution >= 0.6 is 0 Å². The first-order valence-corrected chi connectivity index (χ1v) is 0. The van der Waals surface area contributed by atoms with Crippen molar-refractivity contribution < 1.29 is 52.5 Å². The average Bonchev–Trinajstić information content (AvgIpc) is 0. The topological polar surface area (TPSA) is 0 Å². The van der Waals surface area contributed by atoms with Crippen LogP contribution < -0.4 is 49.6 Å². The molecule has 0 heterocycles. The largest absolute Gasteiger partial charge is 2.00 e. The molecular weight excluding hydrogens is 182 g/mol. The number of hydrogen-bond acceptors (Lipinski definition) is 0. The van der Waals surface area contributed by atoms with Crippen molar-refractivity contribution in [2.75, 3.05) is 0 Å². The minimum Gasteiger partial charge on any atom is -1.00 e. The third kappa shape index (κ3) is 21.4. The molecule has 5 heteroatoms. The minimum atomic E-state index is 0. The first-order chi connectivity index (χ1) is 0. The molecule has 0 atom stereocenters. The third-order valence-corrected chi connectivity index (χ3v) is 0. The molecule has 0 bridgehead atoms. The van der Waals surface area contributed by atoms with E-state index in [9.17, 15) is 0 Å². The molecule has 0 amide bonds. The van der Waals surface area contributed by atoms with Crippen LogP contribution in [0.15, 0.2) is 0 Å². The van der Waals surface area contributed by atoms with Gasteiger partial charge in [0.15, 0.2) is 0 Å². The Hall–Kier alpha value is 2.42. The van der Waals surface area contributed by atoms with Crippen LogP contribution in [0.1, 0.15) is 2.85 Å². The number of rotatable bonds is 0. The smallest absolute Gasteiger partial charge is 1.00 e. The van der Waals surface area contributed by atoms with Crippen LogP contribution in [-0.4, -0.2) is 37.7 Å². The molecule has 0 spiro atoms. The monoisotopic (exact) mass is 182 g/mol. The second kappa shape index (κ2) is 32.2. The van der Waals surface area contributed by atoms with Crippen molar-refractivity contribution in [2.45, 2.75) is 0 Å². The Balaban J connectivity index is 0. The summed E-state index contributed by atoms with van der Waals surface area (Å²) in [7, 11) is 0. The molecule has 0 aliphatic rings. The van der Waals surface area contributed by atoms with Crippen molar-refractivity contribution in [3.63, 3.8) is 0 Å². The molecule has 5 heavy (non-hydrogen) atoms. The Morgan fingerprint density at radius 2 is 0.600 bits per heavy atom. The molecule has 0 aromatic carbocycles. The molecule has 0 saturated heterocycles. The van der Waals surface area contributed by atoms with Crippen LogP contribution in [0.2, 0.25) is 0 Å². The fraction of sp³-hybridized carbons (Fsp3) is 0. The molecular formula is H2CaCl4. The van der Waals surface area contributed by atoms with Gasteiger partial charge in [0.2, 0.25) is 0 Å². The van der Waals surface area contributed by atoms with Crippen molar-refractivity contribution in [3.8, 4) is 0 Å². The zero-order valence-corrected chi connectivity index (χ0v) is 7.45. The van der Waals surface area contributed by atoms with Crippen LogP contribution in [0.4, 0.5) is 0 Å². The molecule has 0 N–H and O–H groups in total. The van der Waals surface area contributed by atoms with Crippen LogP contribution in [0.25, 0.3) is 0 Å². The summed E-state index contributed by atoms with van der Waals surface area (Å²) in [5, 5.41) is 0. The summed E-state index contributed by atoms with van der Waals surface area (Å²) in [5.74, 6) is 0. The van der Waals surface area contributed by atoms with Gasteiger partial charge in [-0.25, -0.2) is 0 Å². The van der Waals surface area contributed by atoms with E-state index in [2.05, 4.69) is 0 Å². The van der Waals surface area contributed by atoms with E-state index in [1.54, 1.807) is 0 Å². The van der Waals surface area contributed by atoms with Gasteiger partial charge in [-0.3, -0.25) is 0 Å². The summed E-state index contributed by atoms with van der Waals surface area (Å²) in [6, 6.07) is 0. The molecule has 0 nitrogen and oxygen atoms in total. The maximum atomic E-state index is 0. The number of hydrogen-bond donors (Lipinski definition) is 0. The normalized spacial score (nSPS) is 0. The van der Waals surface area contributed by atoms with Gasteiger partial charge in [-0.2, -0.15) is 0 Å². The van der Waals surface area contributed by atoms with E-state index < -0.39 is 0 Å². The first-order valence-electron chi connectivity index (χ1n) is 0. The fourth-order valence-electron chi connectivity index (χ4n) is 0. The molecule has 0 unspecified atom stereocenters. The van der Waals surface area contributed by atoms with Gasteiger partial charge in [0.1, 0.15) is 0 Å². The van der Waals surface area contributed by atoms with Crippen molar-refractivity contribution in [1.29, 1.82) is 0 Å². The third-order valence-electron chi connectivity index (χ3n) is 0. The summed E-state index contributed by atoms with van der Waals surface area (Å²) >= 11 is 0. The summed E-state index contributed by atoms with van der Waals surface area (Å²) in [6.07, 6.45) is 0. The van der Waals surface area contributed by atoms with E-state index in [0.29, 0.717) is 0 Å². The molecule has 0 aromatic rings. The summed E-state index contributed by atoms with van der Waals surface area (Å²) in [4.78, 5) is 0. The van der Waals surface area contributed by atoms with Gasteiger partial charge >= 0.3 is 40.6 Å². The van der Waals surface area contributed by atoms with E-state index >= 15 is 0 Å². The number of halogens is 4. The van der Waals surface area contributed by atoms with Crippen molar-refractivity contribution in [2.24, 2.45) is 0 Å². The van der Waals surface area contributed by atoms with Crippen molar-refractivity contribution >= 4 is 37.7 Å². The molecule has 32 valence electrons. The van der Waals surface area contributed by atoms with E-state index in [0.717, 1.165) is 0 Å². The quantitative estimate of drug-likeness (QED) is 0.328. The molecule has 0 rings (SSSR count). The van der Waals surface area contributed by atoms with Crippen LogP contribution in [0.5, 0.6) is 0 Å². The van der Waals surface area contributed by atoms with Gasteiger partial charge in [0.25, 0.3) is 0 Å². The molecule has 0 aliphatic carbocycles. The standard InChI is InChI=1S/Ca.4ClH/h;4*1H/q+2;;;;/p-2. The van der Waals surface area contributed by atoms with Gasteiger partial charge < -0.3 is 49.6 Å². The molecule has 0 radical (unpaired) electrons. The van der Waals surface area contributed by atoms with Crippen LogP contribution in [0, 0.1) is 0 Å². The van der Waals surface area contributed by atoms with Gasteiger partial charge in [0, 0.05) is 0 Å². The minimum absolute atomic E-state index is 0.